The molecule has 1 atom stereocenters. The number of halogens is 1. The number of hydrogen-bond donors (Lipinski definition) is 2. The molecular weight excluding hydrogens is 255 g/mol. The molecule has 0 aliphatic heterocycles. The van der Waals surface area contributed by atoms with Crippen LogP contribution >= 0.6 is 0 Å². The number of aryl methyl sites for hydroxylation is 1. The first-order valence-electron chi connectivity index (χ1n) is 5.74. The molecule has 0 aromatic heterocycles. The maximum Gasteiger partial charge on any atom is 0.147 e. The highest BCUT2D eigenvalue weighted by atomic mass is 32.2. The molecule has 1 rings (SSSR count). The number of sulfone groups is 1. The molecule has 18 heavy (non-hydrogen) atoms. The van der Waals surface area contributed by atoms with Gasteiger partial charge in [-0.05, 0) is 25.3 Å². The average Bonchev–Trinajstić information content (AvgIpc) is 2.27. The SMILES string of the molecule is Cc1cccc(C(CCCS(C)(=O)=O)NN)c1F. The Balaban J connectivity index is 2.75. The van der Waals surface area contributed by atoms with Crippen LogP contribution in [0.25, 0.3) is 0 Å². The fraction of sp³-hybridized carbons (Fsp3) is 0.500. The lowest BCUT2D eigenvalue weighted by Gasteiger charge is -2.17. The normalized spacial score (nSPS) is 13.6. The standard InChI is InChI=1S/C12H19FN2O2S/c1-9-5-3-6-10(12(9)13)11(15-14)7-4-8-18(2,16)17/h3,5-6,11,15H,4,7-8,14H2,1-2H3. The van der Waals surface area contributed by atoms with Crippen LogP contribution in [-0.4, -0.2) is 20.4 Å². The van der Waals surface area contributed by atoms with E-state index in [0.717, 1.165) is 0 Å². The van der Waals surface area contributed by atoms with Gasteiger partial charge in [0.05, 0.1) is 0 Å². The highest BCUT2D eigenvalue weighted by Gasteiger charge is 2.16. The van der Waals surface area contributed by atoms with Gasteiger partial charge >= 0.3 is 0 Å². The molecule has 0 fully saturated rings. The molecule has 1 unspecified atom stereocenters. The van der Waals surface area contributed by atoms with E-state index >= 15 is 0 Å². The van der Waals surface area contributed by atoms with E-state index < -0.39 is 9.84 Å². The van der Waals surface area contributed by atoms with Crippen molar-refractivity contribution in [2.24, 2.45) is 5.84 Å². The topological polar surface area (TPSA) is 72.2 Å². The van der Waals surface area contributed by atoms with E-state index in [1.54, 1.807) is 25.1 Å². The van der Waals surface area contributed by atoms with Crippen molar-refractivity contribution in [3.05, 3.63) is 35.1 Å². The van der Waals surface area contributed by atoms with Crippen LogP contribution in [0.5, 0.6) is 0 Å². The van der Waals surface area contributed by atoms with Crippen molar-refractivity contribution < 1.29 is 12.8 Å². The summed E-state index contributed by atoms with van der Waals surface area (Å²) in [6.07, 6.45) is 2.11. The van der Waals surface area contributed by atoms with Crippen LogP contribution in [0.15, 0.2) is 18.2 Å². The molecule has 0 bridgehead atoms. The van der Waals surface area contributed by atoms with Gasteiger partial charge in [-0.2, -0.15) is 0 Å². The predicted molar refractivity (Wildman–Crippen MR) is 70.1 cm³/mol. The summed E-state index contributed by atoms with van der Waals surface area (Å²) in [6, 6.07) is 4.73. The molecule has 4 nitrogen and oxygen atoms in total. The molecule has 6 heteroatoms. The quantitative estimate of drug-likeness (QED) is 0.608. The zero-order valence-corrected chi connectivity index (χ0v) is 11.4. The van der Waals surface area contributed by atoms with Gasteiger partial charge in [0.25, 0.3) is 0 Å². The van der Waals surface area contributed by atoms with Gasteiger partial charge < -0.3 is 0 Å². The maximum atomic E-state index is 13.9. The second-order valence-corrected chi connectivity index (χ2v) is 6.73. The molecule has 0 saturated carbocycles. The van der Waals surface area contributed by atoms with E-state index in [1.807, 2.05) is 0 Å². The molecule has 3 N–H and O–H groups in total. The van der Waals surface area contributed by atoms with Crippen molar-refractivity contribution in [1.82, 2.24) is 5.43 Å². The van der Waals surface area contributed by atoms with E-state index in [9.17, 15) is 12.8 Å². The number of rotatable bonds is 6. The molecule has 0 saturated heterocycles. The van der Waals surface area contributed by atoms with Gasteiger partial charge in [-0.1, -0.05) is 18.2 Å². The monoisotopic (exact) mass is 274 g/mol. The maximum absolute atomic E-state index is 13.9. The Labute approximate surface area is 107 Å². The molecule has 1 aromatic rings. The molecule has 0 radical (unpaired) electrons. The Morgan fingerprint density at radius 3 is 2.67 bits per heavy atom. The molecule has 0 amide bonds. The molecule has 1 aromatic carbocycles. The third-order valence-electron chi connectivity index (χ3n) is 2.81. The summed E-state index contributed by atoms with van der Waals surface area (Å²) in [6.45, 7) is 1.68. The summed E-state index contributed by atoms with van der Waals surface area (Å²) in [5, 5.41) is 0. The van der Waals surface area contributed by atoms with Crippen LogP contribution in [0.1, 0.15) is 30.0 Å². The Morgan fingerprint density at radius 1 is 1.44 bits per heavy atom. The molecule has 0 spiro atoms. The molecule has 0 heterocycles. The first kappa shape index (κ1) is 15.1. The minimum atomic E-state index is -2.99. The summed E-state index contributed by atoms with van der Waals surface area (Å²) < 4.78 is 36.0. The van der Waals surface area contributed by atoms with Crippen LogP contribution in [-0.2, 0) is 9.84 Å². The zero-order valence-electron chi connectivity index (χ0n) is 10.6. The largest absolute Gasteiger partial charge is 0.271 e. The van der Waals surface area contributed by atoms with E-state index in [4.69, 9.17) is 5.84 Å². The van der Waals surface area contributed by atoms with E-state index in [2.05, 4.69) is 5.43 Å². The summed E-state index contributed by atoms with van der Waals surface area (Å²) in [5.74, 6) is 5.20. The lowest BCUT2D eigenvalue weighted by atomic mass is 10.0. The van der Waals surface area contributed by atoms with Crippen LogP contribution in [0.3, 0.4) is 0 Å². The first-order chi connectivity index (χ1) is 8.35. The number of nitrogens with one attached hydrogen (secondary N) is 1. The molecule has 0 aliphatic carbocycles. The van der Waals surface area contributed by atoms with Gasteiger partial charge in [-0.25, -0.2) is 12.8 Å². The fourth-order valence-corrected chi connectivity index (χ4v) is 2.51. The van der Waals surface area contributed by atoms with E-state index in [1.165, 1.54) is 6.26 Å². The Hall–Kier alpha value is -0.980. The molecular formula is C12H19FN2O2S. The Bertz CT molecular complexity index is 503. The highest BCUT2D eigenvalue weighted by molar-refractivity contribution is 7.90. The summed E-state index contributed by atoms with van der Waals surface area (Å²) in [5.41, 5.74) is 3.57. The van der Waals surface area contributed by atoms with Crippen molar-refractivity contribution in [3.8, 4) is 0 Å². The third-order valence-corrected chi connectivity index (χ3v) is 3.84. The van der Waals surface area contributed by atoms with Crippen LogP contribution in [0.4, 0.5) is 4.39 Å². The number of benzene rings is 1. The van der Waals surface area contributed by atoms with Gasteiger partial charge in [-0.15, -0.1) is 0 Å². The van der Waals surface area contributed by atoms with Crippen molar-refractivity contribution in [3.63, 3.8) is 0 Å². The van der Waals surface area contributed by atoms with Crippen molar-refractivity contribution in [2.75, 3.05) is 12.0 Å². The minimum Gasteiger partial charge on any atom is -0.271 e. The van der Waals surface area contributed by atoms with E-state index in [0.29, 0.717) is 24.0 Å². The Kier molecular flexibility index (Phi) is 5.25. The van der Waals surface area contributed by atoms with Crippen molar-refractivity contribution >= 4 is 9.84 Å². The van der Waals surface area contributed by atoms with Crippen LogP contribution in [0, 0.1) is 12.7 Å². The second-order valence-electron chi connectivity index (χ2n) is 4.47. The van der Waals surface area contributed by atoms with Gasteiger partial charge in [-0.3, -0.25) is 11.3 Å². The Morgan fingerprint density at radius 2 is 2.11 bits per heavy atom. The molecule has 102 valence electrons. The lowest BCUT2D eigenvalue weighted by molar-refractivity contribution is 0.478. The van der Waals surface area contributed by atoms with Gasteiger partial charge in [0, 0.05) is 23.6 Å². The minimum absolute atomic E-state index is 0.0820. The number of nitrogens with two attached hydrogens (primary N) is 1. The summed E-state index contributed by atoms with van der Waals surface area (Å²) >= 11 is 0. The summed E-state index contributed by atoms with van der Waals surface area (Å²) in [4.78, 5) is 0. The molecule has 0 aliphatic rings. The van der Waals surface area contributed by atoms with Crippen LogP contribution in [0.2, 0.25) is 0 Å². The zero-order chi connectivity index (χ0) is 13.8. The number of hydrogen-bond acceptors (Lipinski definition) is 4. The van der Waals surface area contributed by atoms with Gasteiger partial charge in [0.15, 0.2) is 0 Å². The average molecular weight is 274 g/mol. The lowest BCUT2D eigenvalue weighted by Crippen LogP contribution is -2.29. The van der Waals surface area contributed by atoms with Gasteiger partial charge in [0.2, 0.25) is 0 Å². The third kappa shape index (κ3) is 4.36. The number of hydrazine groups is 1. The smallest absolute Gasteiger partial charge is 0.147 e. The highest BCUT2D eigenvalue weighted by Crippen LogP contribution is 2.23. The predicted octanol–water partition coefficient (Wildman–Crippen LogP) is 1.46. The van der Waals surface area contributed by atoms with E-state index in [-0.39, 0.29) is 17.6 Å². The summed E-state index contributed by atoms with van der Waals surface area (Å²) in [7, 11) is -2.99. The fourth-order valence-electron chi connectivity index (χ4n) is 1.82. The first-order valence-corrected chi connectivity index (χ1v) is 7.80. The van der Waals surface area contributed by atoms with Crippen LogP contribution < -0.4 is 11.3 Å². The van der Waals surface area contributed by atoms with Gasteiger partial charge in [0.1, 0.15) is 15.7 Å². The van der Waals surface area contributed by atoms with Crippen molar-refractivity contribution in [2.45, 2.75) is 25.8 Å². The van der Waals surface area contributed by atoms with Crippen molar-refractivity contribution in [1.29, 1.82) is 0 Å². The second kappa shape index (κ2) is 6.26.